The second kappa shape index (κ2) is 6.28. The molecule has 112 valence electrons. The van der Waals surface area contributed by atoms with E-state index in [4.69, 9.17) is 16.7 Å². The van der Waals surface area contributed by atoms with Gasteiger partial charge >= 0.3 is 5.97 Å². The lowest BCUT2D eigenvalue weighted by Crippen LogP contribution is -2.44. The lowest BCUT2D eigenvalue weighted by atomic mass is 9.84. The van der Waals surface area contributed by atoms with Crippen molar-refractivity contribution in [3.63, 3.8) is 0 Å². The first-order chi connectivity index (χ1) is 9.90. The Bertz CT molecular complexity index is 560. The monoisotopic (exact) mass is 309 g/mol. The predicted octanol–water partition coefficient (Wildman–Crippen LogP) is 1.79. The highest BCUT2D eigenvalue weighted by atomic mass is 35.5. The second-order valence-corrected chi connectivity index (χ2v) is 5.47. The Kier molecular flexibility index (Phi) is 4.65. The minimum absolute atomic E-state index is 0.351. The summed E-state index contributed by atoms with van der Waals surface area (Å²) in [6.45, 7) is 0.754. The van der Waals surface area contributed by atoms with Crippen LogP contribution >= 0.6 is 11.6 Å². The van der Waals surface area contributed by atoms with E-state index in [1.54, 1.807) is 24.3 Å². The topological polar surface area (TPSA) is 77.8 Å². The molecule has 0 radical (unpaired) electrons. The van der Waals surface area contributed by atoms with Crippen molar-refractivity contribution in [1.82, 2.24) is 4.90 Å². The van der Waals surface area contributed by atoms with E-state index in [-0.39, 0.29) is 5.91 Å². The van der Waals surface area contributed by atoms with Crippen LogP contribution in [0.1, 0.15) is 18.4 Å². The number of nitrogens with zero attached hydrogens (tertiary/aromatic N) is 1. The molecule has 1 aromatic rings. The molecule has 1 aliphatic rings. The third-order valence-electron chi connectivity index (χ3n) is 3.65. The summed E-state index contributed by atoms with van der Waals surface area (Å²) in [5.74, 6) is -1.51. The molecule has 5 nitrogen and oxygen atoms in total. The molecule has 0 spiro atoms. The van der Waals surface area contributed by atoms with E-state index in [1.165, 1.54) is 4.90 Å². The lowest BCUT2D eigenvalue weighted by molar-refractivity contribution is -0.133. The van der Waals surface area contributed by atoms with Crippen LogP contribution in [0.25, 0.3) is 0 Å². The third-order valence-corrected chi connectivity index (χ3v) is 3.90. The fraction of sp³-hybridized carbons (Fsp3) is 0.333. The Morgan fingerprint density at radius 3 is 2.24 bits per heavy atom. The highest BCUT2D eigenvalue weighted by Crippen LogP contribution is 2.33. The van der Waals surface area contributed by atoms with E-state index in [1.807, 2.05) is 0 Å². The first-order valence-corrected chi connectivity index (χ1v) is 6.97. The SMILES string of the molecule is O=C(O)C=CC(=O)N1CCC(O)(c2ccc(Cl)cc2)CC1. The molecule has 0 aliphatic carbocycles. The van der Waals surface area contributed by atoms with Crippen molar-refractivity contribution in [3.05, 3.63) is 47.0 Å². The van der Waals surface area contributed by atoms with Gasteiger partial charge in [-0.15, -0.1) is 0 Å². The van der Waals surface area contributed by atoms with E-state index in [9.17, 15) is 14.7 Å². The van der Waals surface area contributed by atoms with E-state index in [2.05, 4.69) is 0 Å². The quantitative estimate of drug-likeness (QED) is 0.835. The highest BCUT2D eigenvalue weighted by molar-refractivity contribution is 6.30. The van der Waals surface area contributed by atoms with Crippen molar-refractivity contribution < 1.29 is 19.8 Å². The smallest absolute Gasteiger partial charge is 0.328 e. The molecule has 0 aromatic heterocycles. The average Bonchev–Trinajstić information content (AvgIpc) is 2.46. The van der Waals surface area contributed by atoms with E-state index in [0.717, 1.165) is 17.7 Å². The van der Waals surface area contributed by atoms with Crippen molar-refractivity contribution in [3.8, 4) is 0 Å². The first kappa shape index (κ1) is 15.5. The van der Waals surface area contributed by atoms with E-state index < -0.39 is 11.6 Å². The third kappa shape index (κ3) is 3.83. The molecule has 1 amide bonds. The zero-order chi connectivity index (χ0) is 15.5. The molecule has 0 unspecified atom stereocenters. The Labute approximate surface area is 127 Å². The maximum Gasteiger partial charge on any atom is 0.328 e. The van der Waals surface area contributed by atoms with Crippen LogP contribution in [0.15, 0.2) is 36.4 Å². The van der Waals surface area contributed by atoms with Gasteiger partial charge in [0.05, 0.1) is 5.60 Å². The normalized spacial score (nSPS) is 17.9. The van der Waals surface area contributed by atoms with Crippen LogP contribution in [-0.4, -0.2) is 40.1 Å². The maximum atomic E-state index is 11.8. The largest absolute Gasteiger partial charge is 0.478 e. The minimum Gasteiger partial charge on any atom is -0.478 e. The molecule has 1 fully saturated rings. The number of carboxylic acid groups (broad SMARTS) is 1. The second-order valence-electron chi connectivity index (χ2n) is 5.04. The number of carbonyl (C=O) groups is 2. The summed E-state index contributed by atoms with van der Waals surface area (Å²) in [7, 11) is 0. The number of rotatable bonds is 3. The fourth-order valence-corrected chi connectivity index (χ4v) is 2.52. The van der Waals surface area contributed by atoms with Crippen LogP contribution in [0.5, 0.6) is 0 Å². The van der Waals surface area contributed by atoms with Gasteiger partial charge in [0.25, 0.3) is 0 Å². The van der Waals surface area contributed by atoms with Crippen LogP contribution in [0.2, 0.25) is 5.02 Å². The molecule has 0 bridgehead atoms. The fourth-order valence-electron chi connectivity index (χ4n) is 2.39. The number of piperidine rings is 1. The van der Waals surface area contributed by atoms with Crippen LogP contribution in [0.3, 0.4) is 0 Å². The number of benzene rings is 1. The summed E-state index contributed by atoms with van der Waals surface area (Å²) >= 11 is 5.83. The van der Waals surface area contributed by atoms with Crippen molar-refractivity contribution in [2.24, 2.45) is 0 Å². The highest BCUT2D eigenvalue weighted by Gasteiger charge is 2.34. The molecular formula is C15H16ClNO4. The molecule has 2 N–H and O–H groups in total. The zero-order valence-electron chi connectivity index (χ0n) is 11.3. The molecule has 1 saturated heterocycles. The number of hydrogen-bond acceptors (Lipinski definition) is 3. The lowest BCUT2D eigenvalue weighted by Gasteiger charge is -2.38. The Morgan fingerprint density at radius 2 is 1.71 bits per heavy atom. The van der Waals surface area contributed by atoms with Gasteiger partial charge in [0.15, 0.2) is 0 Å². The molecule has 6 heteroatoms. The standard InChI is InChI=1S/C15H16ClNO4/c16-12-3-1-11(2-4-12)15(21)7-9-17(10-8-15)13(18)5-6-14(19)20/h1-6,21H,7-10H2,(H,19,20). The van der Waals surface area contributed by atoms with Crippen LogP contribution < -0.4 is 0 Å². The molecule has 2 rings (SSSR count). The summed E-state index contributed by atoms with van der Waals surface area (Å²) in [6, 6.07) is 7.01. The van der Waals surface area contributed by atoms with Crippen LogP contribution in [0, 0.1) is 0 Å². The minimum atomic E-state index is -1.15. The van der Waals surface area contributed by atoms with Crippen molar-refractivity contribution >= 4 is 23.5 Å². The number of amides is 1. The molecular weight excluding hydrogens is 294 g/mol. The van der Waals surface area contributed by atoms with Gasteiger partial charge in [-0.05, 0) is 30.5 Å². The molecule has 21 heavy (non-hydrogen) atoms. The summed E-state index contributed by atoms with van der Waals surface area (Å²) in [6.07, 6.45) is 2.67. The maximum absolute atomic E-state index is 11.8. The van der Waals surface area contributed by atoms with Gasteiger partial charge in [0.2, 0.25) is 5.91 Å². The van der Waals surface area contributed by atoms with Gasteiger partial charge < -0.3 is 15.1 Å². The Morgan fingerprint density at radius 1 is 1.14 bits per heavy atom. The predicted molar refractivity (Wildman–Crippen MR) is 77.9 cm³/mol. The summed E-state index contributed by atoms with van der Waals surface area (Å²) in [5.41, 5.74) is -0.196. The molecule has 1 aliphatic heterocycles. The Balaban J connectivity index is 2.00. The molecule has 1 heterocycles. The summed E-state index contributed by atoms with van der Waals surface area (Å²) < 4.78 is 0. The van der Waals surface area contributed by atoms with E-state index in [0.29, 0.717) is 31.0 Å². The van der Waals surface area contributed by atoms with Crippen molar-refractivity contribution in [1.29, 1.82) is 0 Å². The Hall–Kier alpha value is -1.85. The number of carboxylic acids is 1. The van der Waals surface area contributed by atoms with Crippen LogP contribution in [-0.2, 0) is 15.2 Å². The molecule has 0 saturated carbocycles. The zero-order valence-corrected chi connectivity index (χ0v) is 12.1. The first-order valence-electron chi connectivity index (χ1n) is 6.59. The number of carbonyl (C=O) groups excluding carboxylic acids is 1. The van der Waals surface area contributed by atoms with Crippen LogP contribution in [0.4, 0.5) is 0 Å². The number of halogens is 1. The number of aliphatic hydroxyl groups is 1. The van der Waals surface area contributed by atoms with Gasteiger partial charge in [-0.3, -0.25) is 4.79 Å². The van der Waals surface area contributed by atoms with Crippen molar-refractivity contribution in [2.75, 3.05) is 13.1 Å². The molecule has 0 atom stereocenters. The van der Waals surface area contributed by atoms with Gasteiger partial charge in [-0.1, -0.05) is 23.7 Å². The van der Waals surface area contributed by atoms with E-state index >= 15 is 0 Å². The van der Waals surface area contributed by atoms with Gasteiger partial charge in [0.1, 0.15) is 0 Å². The van der Waals surface area contributed by atoms with Crippen molar-refractivity contribution in [2.45, 2.75) is 18.4 Å². The number of hydrogen-bond donors (Lipinski definition) is 2. The van der Waals surface area contributed by atoms with Gasteiger partial charge in [-0.2, -0.15) is 0 Å². The average molecular weight is 310 g/mol. The molecule has 1 aromatic carbocycles. The summed E-state index contributed by atoms with van der Waals surface area (Å²) in [5, 5.41) is 19.8. The van der Waals surface area contributed by atoms with Gasteiger partial charge in [-0.25, -0.2) is 4.79 Å². The van der Waals surface area contributed by atoms with Gasteiger partial charge in [0, 0.05) is 30.3 Å². The number of aliphatic carboxylic acids is 1. The summed E-state index contributed by atoms with van der Waals surface area (Å²) in [4.78, 5) is 23.7. The number of likely N-dealkylation sites (tertiary alicyclic amines) is 1.